The van der Waals surface area contributed by atoms with Crippen molar-refractivity contribution in [2.75, 3.05) is 13.1 Å². The molecule has 21 heavy (non-hydrogen) atoms. The topological polar surface area (TPSA) is 62.6 Å². The maximum absolute atomic E-state index is 12.3. The lowest BCUT2D eigenvalue weighted by Gasteiger charge is -2.33. The summed E-state index contributed by atoms with van der Waals surface area (Å²) >= 11 is 0. The van der Waals surface area contributed by atoms with Crippen LogP contribution in [0.4, 0.5) is 0 Å². The van der Waals surface area contributed by atoms with Crippen LogP contribution in [0.15, 0.2) is 22.8 Å². The molecule has 0 atom stereocenters. The Kier molecular flexibility index (Phi) is 5.84. The molecule has 0 radical (unpaired) electrons. The molecule has 1 aromatic rings. The maximum atomic E-state index is 12.3. The molecule has 0 saturated heterocycles. The molecule has 5 nitrogen and oxygen atoms in total. The quantitative estimate of drug-likeness (QED) is 0.876. The smallest absolute Gasteiger partial charge is 0.286 e. The summed E-state index contributed by atoms with van der Waals surface area (Å²) in [6.45, 7) is 3.12. The van der Waals surface area contributed by atoms with E-state index in [0.717, 1.165) is 19.4 Å². The van der Waals surface area contributed by atoms with Crippen molar-refractivity contribution < 1.29 is 14.0 Å². The molecule has 5 heteroatoms. The zero-order valence-corrected chi connectivity index (χ0v) is 12.6. The molecule has 1 aliphatic carbocycles. The monoisotopic (exact) mass is 292 g/mol. The fourth-order valence-electron chi connectivity index (χ4n) is 2.95. The Morgan fingerprint density at radius 1 is 1.33 bits per heavy atom. The first kappa shape index (κ1) is 15.6. The third-order valence-corrected chi connectivity index (χ3v) is 4.05. The van der Waals surface area contributed by atoms with Gasteiger partial charge in [-0.05, 0) is 31.9 Å². The van der Waals surface area contributed by atoms with Crippen LogP contribution in [-0.2, 0) is 4.79 Å². The summed E-state index contributed by atoms with van der Waals surface area (Å²) in [5, 5.41) is 2.72. The number of nitrogens with zero attached hydrogens (tertiary/aromatic N) is 1. The molecule has 1 N–H and O–H groups in total. The van der Waals surface area contributed by atoms with Gasteiger partial charge < -0.3 is 14.6 Å². The number of amides is 2. The van der Waals surface area contributed by atoms with Gasteiger partial charge in [0.15, 0.2) is 5.76 Å². The third-order valence-electron chi connectivity index (χ3n) is 4.05. The predicted octanol–water partition coefficient (Wildman–Crippen LogP) is 2.58. The maximum Gasteiger partial charge on any atom is 0.286 e. The van der Waals surface area contributed by atoms with Gasteiger partial charge >= 0.3 is 0 Å². The average molecular weight is 292 g/mol. The van der Waals surface area contributed by atoms with Crippen LogP contribution in [0, 0.1) is 0 Å². The molecule has 0 aromatic carbocycles. The molecule has 0 spiro atoms. The molecule has 1 aliphatic rings. The minimum atomic E-state index is -0.270. The predicted molar refractivity (Wildman–Crippen MR) is 79.9 cm³/mol. The van der Waals surface area contributed by atoms with Crippen LogP contribution in [0.25, 0.3) is 0 Å². The minimum absolute atomic E-state index is 0.129. The van der Waals surface area contributed by atoms with E-state index < -0.39 is 0 Å². The Labute approximate surface area is 125 Å². The van der Waals surface area contributed by atoms with Gasteiger partial charge in [0.2, 0.25) is 5.91 Å². The van der Waals surface area contributed by atoms with Crippen molar-refractivity contribution in [1.29, 1.82) is 0 Å². The molecule has 1 fully saturated rings. The highest BCUT2D eigenvalue weighted by Gasteiger charge is 2.23. The summed E-state index contributed by atoms with van der Waals surface area (Å²) in [4.78, 5) is 26.0. The zero-order chi connectivity index (χ0) is 15.1. The Balaban J connectivity index is 1.76. The van der Waals surface area contributed by atoms with E-state index in [0.29, 0.717) is 19.0 Å². The van der Waals surface area contributed by atoms with Crippen molar-refractivity contribution in [2.24, 2.45) is 0 Å². The number of hydrogen-bond donors (Lipinski definition) is 1. The summed E-state index contributed by atoms with van der Waals surface area (Å²) in [5.41, 5.74) is 0. The van der Waals surface area contributed by atoms with Crippen LogP contribution >= 0.6 is 0 Å². The van der Waals surface area contributed by atoms with Crippen molar-refractivity contribution in [2.45, 2.75) is 51.5 Å². The molecule has 0 aliphatic heterocycles. The van der Waals surface area contributed by atoms with E-state index in [-0.39, 0.29) is 17.6 Å². The van der Waals surface area contributed by atoms with Gasteiger partial charge in [0.25, 0.3) is 5.91 Å². The molecule has 2 rings (SSSR count). The van der Waals surface area contributed by atoms with Gasteiger partial charge in [0, 0.05) is 25.6 Å². The Hall–Kier alpha value is -1.78. The fourth-order valence-corrected chi connectivity index (χ4v) is 2.95. The van der Waals surface area contributed by atoms with Crippen LogP contribution in [0.3, 0.4) is 0 Å². The van der Waals surface area contributed by atoms with E-state index in [1.54, 1.807) is 12.1 Å². The van der Waals surface area contributed by atoms with E-state index >= 15 is 0 Å². The Bertz CT molecular complexity index is 450. The van der Waals surface area contributed by atoms with Crippen LogP contribution in [-0.4, -0.2) is 35.8 Å². The average Bonchev–Trinajstić information content (AvgIpc) is 3.03. The summed E-state index contributed by atoms with van der Waals surface area (Å²) in [6, 6.07) is 3.66. The molecule has 2 amide bonds. The molecular formula is C16H24N2O3. The number of carbonyl (C=O) groups excluding carboxylic acids is 2. The van der Waals surface area contributed by atoms with Gasteiger partial charge in [-0.25, -0.2) is 0 Å². The first-order valence-corrected chi connectivity index (χ1v) is 7.83. The van der Waals surface area contributed by atoms with Crippen molar-refractivity contribution in [1.82, 2.24) is 10.2 Å². The normalized spacial score (nSPS) is 15.7. The molecule has 1 aromatic heterocycles. The minimum Gasteiger partial charge on any atom is -0.459 e. The zero-order valence-electron chi connectivity index (χ0n) is 12.6. The molecule has 0 bridgehead atoms. The van der Waals surface area contributed by atoms with Crippen molar-refractivity contribution >= 4 is 11.8 Å². The molecule has 0 unspecified atom stereocenters. The van der Waals surface area contributed by atoms with Crippen LogP contribution < -0.4 is 5.32 Å². The lowest BCUT2D eigenvalue weighted by molar-refractivity contribution is -0.133. The second kappa shape index (κ2) is 7.86. The third kappa shape index (κ3) is 4.34. The van der Waals surface area contributed by atoms with Gasteiger partial charge in [-0.15, -0.1) is 0 Å². The first-order valence-electron chi connectivity index (χ1n) is 7.83. The SMILES string of the molecule is CCN(C(=O)CCNC(=O)c1ccco1)C1CCCCC1. The summed E-state index contributed by atoms with van der Waals surface area (Å²) < 4.78 is 5.01. The number of carbonyl (C=O) groups is 2. The van der Waals surface area contributed by atoms with Crippen LogP contribution in [0.1, 0.15) is 56.0 Å². The fraction of sp³-hybridized carbons (Fsp3) is 0.625. The number of rotatable bonds is 6. The van der Waals surface area contributed by atoms with E-state index in [4.69, 9.17) is 4.42 Å². The lowest BCUT2D eigenvalue weighted by atomic mass is 9.94. The molecule has 116 valence electrons. The first-order chi connectivity index (χ1) is 10.2. The second-order valence-corrected chi connectivity index (χ2v) is 5.45. The molecule has 1 heterocycles. The Morgan fingerprint density at radius 3 is 2.71 bits per heavy atom. The molecule has 1 saturated carbocycles. The highest BCUT2D eigenvalue weighted by Crippen LogP contribution is 2.22. The van der Waals surface area contributed by atoms with E-state index in [1.165, 1.54) is 25.5 Å². The van der Waals surface area contributed by atoms with E-state index in [2.05, 4.69) is 5.32 Å². The highest BCUT2D eigenvalue weighted by molar-refractivity contribution is 5.91. The number of furan rings is 1. The standard InChI is InChI=1S/C16H24N2O3/c1-2-18(13-7-4-3-5-8-13)15(19)10-11-17-16(20)14-9-6-12-21-14/h6,9,12-13H,2-5,7-8,10-11H2,1H3,(H,17,20). The van der Waals surface area contributed by atoms with Gasteiger partial charge in [-0.2, -0.15) is 0 Å². The lowest BCUT2D eigenvalue weighted by Crippen LogP contribution is -2.42. The van der Waals surface area contributed by atoms with Gasteiger partial charge in [0.05, 0.1) is 6.26 Å². The largest absolute Gasteiger partial charge is 0.459 e. The summed E-state index contributed by atoms with van der Waals surface area (Å²) in [6.07, 6.45) is 7.73. The Morgan fingerprint density at radius 2 is 2.10 bits per heavy atom. The number of hydrogen-bond acceptors (Lipinski definition) is 3. The van der Waals surface area contributed by atoms with Crippen molar-refractivity contribution in [3.8, 4) is 0 Å². The van der Waals surface area contributed by atoms with Crippen molar-refractivity contribution in [3.05, 3.63) is 24.2 Å². The summed E-state index contributed by atoms with van der Waals surface area (Å²) in [5.74, 6) is 0.139. The highest BCUT2D eigenvalue weighted by atomic mass is 16.3. The van der Waals surface area contributed by atoms with Gasteiger partial charge in [0.1, 0.15) is 0 Å². The van der Waals surface area contributed by atoms with Crippen molar-refractivity contribution in [3.63, 3.8) is 0 Å². The van der Waals surface area contributed by atoms with Gasteiger partial charge in [-0.3, -0.25) is 9.59 Å². The second-order valence-electron chi connectivity index (χ2n) is 5.45. The van der Waals surface area contributed by atoms with Crippen LogP contribution in [0.2, 0.25) is 0 Å². The number of nitrogens with one attached hydrogen (secondary N) is 1. The van der Waals surface area contributed by atoms with E-state index in [1.807, 2.05) is 11.8 Å². The summed E-state index contributed by atoms with van der Waals surface area (Å²) in [7, 11) is 0. The van der Waals surface area contributed by atoms with E-state index in [9.17, 15) is 9.59 Å². The molecular weight excluding hydrogens is 268 g/mol. The van der Waals surface area contributed by atoms with Crippen LogP contribution in [0.5, 0.6) is 0 Å². The van der Waals surface area contributed by atoms with Gasteiger partial charge in [-0.1, -0.05) is 19.3 Å².